The molecule has 2 saturated carbocycles. The zero-order chi connectivity index (χ0) is 40.9. The van der Waals surface area contributed by atoms with Crippen LogP contribution in [0.4, 0.5) is 16.0 Å². The van der Waals surface area contributed by atoms with E-state index in [4.69, 9.17) is 21.6 Å². The van der Waals surface area contributed by atoms with Gasteiger partial charge in [-0.2, -0.15) is 5.26 Å². The number of nitriles is 1. The van der Waals surface area contributed by atoms with Crippen LogP contribution in [0.5, 0.6) is 5.75 Å². The van der Waals surface area contributed by atoms with E-state index in [-0.39, 0.29) is 42.0 Å². The Bertz CT molecular complexity index is 2240. The molecule has 1 aromatic heterocycles. The molecule has 2 unspecified atom stereocenters. The highest BCUT2D eigenvalue weighted by Gasteiger charge is 2.47. The summed E-state index contributed by atoms with van der Waals surface area (Å²) in [4.78, 5) is 80.3. The monoisotopic (exact) mass is 823 g/mol. The molecule has 17 heteroatoms. The Morgan fingerprint density at radius 3 is 2.22 bits per heavy atom. The third-order valence-electron chi connectivity index (χ3n) is 13.0. The minimum atomic E-state index is -1.10. The number of piperidine rings is 1. The van der Waals surface area contributed by atoms with Crippen LogP contribution in [0.3, 0.4) is 0 Å². The highest BCUT2D eigenvalue weighted by molar-refractivity contribution is 6.31. The van der Waals surface area contributed by atoms with Crippen molar-refractivity contribution in [2.45, 2.75) is 75.6 Å². The summed E-state index contributed by atoms with van der Waals surface area (Å²) in [7, 11) is 0. The fourth-order valence-electron chi connectivity index (χ4n) is 9.82. The summed E-state index contributed by atoms with van der Waals surface area (Å²) in [6.07, 6.45) is 8.31. The van der Waals surface area contributed by atoms with Crippen LogP contribution in [0.25, 0.3) is 0 Å². The number of anilines is 2. The third kappa shape index (κ3) is 7.57. The molecule has 9 rings (SSSR count). The smallest absolute Gasteiger partial charge is 0.262 e. The molecule has 2 N–H and O–H groups in total. The van der Waals surface area contributed by atoms with Gasteiger partial charge in [0.05, 0.1) is 39.1 Å². The Balaban J connectivity index is 0.727. The van der Waals surface area contributed by atoms with E-state index in [9.17, 15) is 24.0 Å². The van der Waals surface area contributed by atoms with Crippen molar-refractivity contribution < 1.29 is 33.1 Å². The number of piperazine rings is 1. The molecule has 4 aliphatic heterocycles. The number of halogens is 2. The first-order valence-corrected chi connectivity index (χ1v) is 20.7. The SMILES string of the molecule is N#Cc1ccc(OC2CCC(NC(=O)c3cnc(N4CCN(C5C[C@@H]6CN(c7cc8c(cc7F)C(=O)N(C7CCC(=O)NC7=O)C8=O)C[C@@H]6C5)CC4)nc3)CC2)cc1Cl. The summed E-state index contributed by atoms with van der Waals surface area (Å²) < 4.78 is 21.6. The molecule has 3 saturated heterocycles. The lowest BCUT2D eigenvalue weighted by Gasteiger charge is -2.38. The van der Waals surface area contributed by atoms with Gasteiger partial charge in [-0.1, -0.05) is 11.6 Å². The standard InChI is InChI=1S/C42H43ClFN9O6/c43-33-15-30(4-1-23(33)18-45)59-29-5-2-27(3-6-29)48-38(55)26-19-46-42(47-20-26)51-11-9-50(10-12-51)28-13-24-21-52(22-25(24)14-28)36-17-32-31(16-34(36)44)40(57)53(41(32)58)35-7-8-37(54)49-39(35)56/h1,4,15-17,19-20,24-25,27-29,35H,2-3,5-14,21-22H2,(H,48,55)(H,49,54,56)/t24-,25+,27?,28?,29?,35?. The summed E-state index contributed by atoms with van der Waals surface area (Å²) in [6, 6.07) is 9.01. The van der Waals surface area contributed by atoms with Crippen LogP contribution in [0.2, 0.25) is 5.02 Å². The van der Waals surface area contributed by atoms with Crippen LogP contribution >= 0.6 is 11.6 Å². The van der Waals surface area contributed by atoms with E-state index in [0.717, 1.165) is 75.7 Å². The van der Waals surface area contributed by atoms with Gasteiger partial charge in [-0.25, -0.2) is 14.4 Å². The van der Waals surface area contributed by atoms with Gasteiger partial charge < -0.3 is 19.9 Å². The van der Waals surface area contributed by atoms with Crippen LogP contribution in [-0.2, 0) is 9.59 Å². The average Bonchev–Trinajstić information content (AvgIpc) is 3.89. The Morgan fingerprint density at radius 2 is 1.58 bits per heavy atom. The highest BCUT2D eigenvalue weighted by Crippen LogP contribution is 2.43. The number of hydrogen-bond donors (Lipinski definition) is 2. The number of fused-ring (bicyclic) bond motifs is 2. The molecule has 0 spiro atoms. The van der Waals surface area contributed by atoms with Gasteiger partial charge in [0.25, 0.3) is 17.7 Å². The van der Waals surface area contributed by atoms with Crippen LogP contribution < -0.4 is 25.2 Å². The number of carbonyl (C=O) groups excluding carboxylic acids is 5. The molecule has 6 aliphatic rings. The number of carbonyl (C=O) groups is 5. The molecule has 0 bridgehead atoms. The van der Waals surface area contributed by atoms with Gasteiger partial charge >= 0.3 is 0 Å². The number of rotatable bonds is 8. The van der Waals surface area contributed by atoms with E-state index < -0.39 is 35.5 Å². The minimum Gasteiger partial charge on any atom is -0.490 e. The summed E-state index contributed by atoms with van der Waals surface area (Å²) in [5, 5.41) is 14.8. The van der Waals surface area contributed by atoms with Gasteiger partial charge in [-0.15, -0.1) is 0 Å². The Kier molecular flexibility index (Phi) is 10.4. The summed E-state index contributed by atoms with van der Waals surface area (Å²) in [5.41, 5.74) is 1.14. The first-order chi connectivity index (χ1) is 28.5. The normalized spacial score (nSPS) is 27.0. The predicted octanol–water partition coefficient (Wildman–Crippen LogP) is 3.70. The molecular formula is C42H43ClFN9O6. The third-order valence-corrected chi connectivity index (χ3v) is 13.3. The van der Waals surface area contributed by atoms with Gasteiger partial charge in [0.15, 0.2) is 0 Å². The van der Waals surface area contributed by atoms with E-state index in [1.807, 2.05) is 11.0 Å². The Hall–Kier alpha value is -5.66. The number of amides is 5. The molecule has 5 fully saturated rings. The summed E-state index contributed by atoms with van der Waals surface area (Å²) >= 11 is 6.15. The van der Waals surface area contributed by atoms with Gasteiger partial charge in [0.2, 0.25) is 17.8 Å². The number of hydrogen-bond acceptors (Lipinski definition) is 12. The van der Waals surface area contributed by atoms with E-state index >= 15 is 4.39 Å². The molecular weight excluding hydrogens is 781 g/mol. The molecule has 0 radical (unpaired) electrons. The quantitative estimate of drug-likeness (QED) is 0.315. The number of nitrogens with one attached hydrogen (secondary N) is 2. The summed E-state index contributed by atoms with van der Waals surface area (Å²) in [5.74, 6) is -1.33. The molecule has 3 aromatic rings. The maximum atomic E-state index is 15.6. The number of imide groups is 2. The number of benzene rings is 2. The number of aromatic nitrogens is 2. The molecule has 4 atom stereocenters. The Labute approximate surface area is 344 Å². The lowest BCUT2D eigenvalue weighted by molar-refractivity contribution is -0.136. The van der Waals surface area contributed by atoms with Gasteiger partial charge in [0, 0.05) is 76.2 Å². The second kappa shape index (κ2) is 15.8. The average molecular weight is 824 g/mol. The molecule has 306 valence electrons. The van der Waals surface area contributed by atoms with Crippen molar-refractivity contribution in [2.75, 3.05) is 49.1 Å². The van der Waals surface area contributed by atoms with Crippen LogP contribution in [0, 0.1) is 29.0 Å². The zero-order valence-corrected chi connectivity index (χ0v) is 33.0. The van der Waals surface area contributed by atoms with E-state index in [1.165, 1.54) is 6.07 Å². The number of ether oxygens (including phenoxy) is 1. The van der Waals surface area contributed by atoms with Crippen molar-refractivity contribution >= 4 is 52.8 Å². The van der Waals surface area contributed by atoms with Crippen molar-refractivity contribution in [1.29, 1.82) is 5.26 Å². The van der Waals surface area contributed by atoms with Gasteiger partial charge in [-0.05, 0) is 81.0 Å². The molecule has 2 aliphatic carbocycles. The molecule has 5 heterocycles. The van der Waals surface area contributed by atoms with Gasteiger partial charge in [-0.3, -0.25) is 39.1 Å². The van der Waals surface area contributed by atoms with Crippen molar-refractivity contribution in [2.24, 2.45) is 11.8 Å². The lowest BCUT2D eigenvalue weighted by Crippen LogP contribution is -2.54. The van der Waals surface area contributed by atoms with Crippen LogP contribution in [0.1, 0.15) is 88.0 Å². The van der Waals surface area contributed by atoms with E-state index in [0.29, 0.717) is 64.5 Å². The van der Waals surface area contributed by atoms with Crippen molar-refractivity contribution in [1.82, 2.24) is 30.4 Å². The Morgan fingerprint density at radius 1 is 0.898 bits per heavy atom. The summed E-state index contributed by atoms with van der Waals surface area (Å²) in [6.45, 7) is 4.51. The van der Waals surface area contributed by atoms with Crippen molar-refractivity contribution in [3.05, 3.63) is 75.8 Å². The van der Waals surface area contributed by atoms with E-state index in [2.05, 4.69) is 30.4 Å². The fourth-order valence-corrected chi connectivity index (χ4v) is 10.0. The first-order valence-electron chi connectivity index (χ1n) is 20.3. The first kappa shape index (κ1) is 38.8. The molecule has 5 amide bonds. The topological polar surface area (TPSA) is 181 Å². The maximum Gasteiger partial charge on any atom is 0.262 e. The number of nitrogens with zero attached hydrogens (tertiary/aromatic N) is 7. The maximum absolute atomic E-state index is 15.6. The van der Waals surface area contributed by atoms with Crippen molar-refractivity contribution in [3.63, 3.8) is 0 Å². The minimum absolute atomic E-state index is 0.00836. The van der Waals surface area contributed by atoms with Crippen molar-refractivity contribution in [3.8, 4) is 11.8 Å². The van der Waals surface area contributed by atoms with E-state index in [1.54, 1.807) is 30.6 Å². The molecule has 2 aromatic carbocycles. The highest BCUT2D eigenvalue weighted by atomic mass is 35.5. The molecule has 15 nitrogen and oxygen atoms in total. The van der Waals surface area contributed by atoms with Crippen LogP contribution in [-0.4, -0.2) is 113 Å². The second-order valence-electron chi connectivity index (χ2n) is 16.5. The second-order valence-corrected chi connectivity index (χ2v) is 16.9. The zero-order valence-electron chi connectivity index (χ0n) is 32.2. The predicted molar refractivity (Wildman–Crippen MR) is 211 cm³/mol. The molecule has 59 heavy (non-hydrogen) atoms. The largest absolute Gasteiger partial charge is 0.490 e. The van der Waals surface area contributed by atoms with Gasteiger partial charge in [0.1, 0.15) is 23.7 Å². The lowest BCUT2D eigenvalue weighted by atomic mass is 9.92. The van der Waals surface area contributed by atoms with Crippen LogP contribution in [0.15, 0.2) is 42.7 Å². The fraction of sp³-hybridized carbons (Fsp3) is 0.476.